The van der Waals surface area contributed by atoms with Gasteiger partial charge < -0.3 is 15.1 Å². The van der Waals surface area contributed by atoms with Gasteiger partial charge in [-0.05, 0) is 13.0 Å². The summed E-state index contributed by atoms with van der Waals surface area (Å²) in [5.41, 5.74) is 0.794. The van der Waals surface area contributed by atoms with Gasteiger partial charge in [0.1, 0.15) is 0 Å². The lowest BCUT2D eigenvalue weighted by Gasteiger charge is -2.04. The van der Waals surface area contributed by atoms with Crippen LogP contribution in [0.1, 0.15) is 22.8 Å². The quantitative estimate of drug-likeness (QED) is 0.592. The molecule has 0 atom stereocenters. The van der Waals surface area contributed by atoms with Gasteiger partial charge in [0.25, 0.3) is 0 Å². The smallest absolute Gasteiger partial charge is 0.344 e. The molecule has 1 aromatic carbocycles. The van der Waals surface area contributed by atoms with Gasteiger partial charge in [-0.15, -0.1) is 0 Å². The number of nitrogens with zero attached hydrogens (tertiary/aromatic N) is 1. The molecule has 0 aliphatic rings. The van der Waals surface area contributed by atoms with Crippen LogP contribution in [0.25, 0.3) is 0 Å². The molecule has 6 nitrogen and oxygen atoms in total. The second kappa shape index (κ2) is 5.64. The lowest BCUT2D eigenvalue weighted by molar-refractivity contribution is -0.142. The topological polar surface area (TPSA) is 96.2 Å². The van der Waals surface area contributed by atoms with Crippen molar-refractivity contribution in [1.82, 2.24) is 0 Å². The predicted molar refractivity (Wildman–Crippen MR) is 59.2 cm³/mol. The van der Waals surface area contributed by atoms with Gasteiger partial charge in [-0.1, -0.05) is 23.4 Å². The summed E-state index contributed by atoms with van der Waals surface area (Å²) < 4.78 is 0. The summed E-state index contributed by atoms with van der Waals surface area (Å²) in [6.45, 7) is 0.982. The van der Waals surface area contributed by atoms with Crippen LogP contribution < -0.4 is 0 Å². The fourth-order valence-corrected chi connectivity index (χ4v) is 1.22. The molecular weight excluding hydrogens is 226 g/mol. The Morgan fingerprint density at radius 3 is 2.35 bits per heavy atom. The SMILES string of the molecule is C/C(=N\OCC(=O)O)c1ccccc1C(=O)O. The highest BCUT2D eigenvalue weighted by Crippen LogP contribution is 2.10. The van der Waals surface area contributed by atoms with E-state index in [2.05, 4.69) is 9.99 Å². The summed E-state index contributed by atoms with van der Waals surface area (Å²) in [4.78, 5) is 25.7. The Kier molecular flexibility index (Phi) is 4.21. The summed E-state index contributed by atoms with van der Waals surface area (Å²) >= 11 is 0. The van der Waals surface area contributed by atoms with Crippen molar-refractivity contribution in [3.05, 3.63) is 35.4 Å². The zero-order chi connectivity index (χ0) is 12.8. The monoisotopic (exact) mass is 237 g/mol. The van der Waals surface area contributed by atoms with Gasteiger partial charge in [-0.3, -0.25) is 0 Å². The van der Waals surface area contributed by atoms with Gasteiger partial charge in [0.05, 0.1) is 11.3 Å². The Bertz CT molecular complexity index is 467. The molecular formula is C11H11NO5. The van der Waals surface area contributed by atoms with Crippen molar-refractivity contribution in [3.8, 4) is 0 Å². The number of carbonyl (C=O) groups is 2. The molecule has 0 amide bonds. The van der Waals surface area contributed by atoms with E-state index in [1.807, 2.05) is 0 Å². The van der Waals surface area contributed by atoms with Crippen molar-refractivity contribution in [2.45, 2.75) is 6.92 Å². The Morgan fingerprint density at radius 2 is 1.82 bits per heavy atom. The van der Waals surface area contributed by atoms with Crippen LogP contribution in [0.4, 0.5) is 0 Å². The first-order valence-electron chi connectivity index (χ1n) is 4.73. The van der Waals surface area contributed by atoms with E-state index in [9.17, 15) is 9.59 Å². The standard InChI is InChI=1S/C11H11NO5/c1-7(12-17-6-10(13)14)8-4-2-3-5-9(8)11(15)16/h2-5H,6H2,1H3,(H,13,14)(H,15,16)/b12-7+. The number of benzene rings is 1. The van der Waals surface area contributed by atoms with Gasteiger partial charge in [0, 0.05) is 5.56 Å². The van der Waals surface area contributed by atoms with Crippen LogP contribution in [-0.4, -0.2) is 34.5 Å². The highest BCUT2D eigenvalue weighted by molar-refractivity contribution is 6.07. The van der Waals surface area contributed by atoms with Gasteiger partial charge in [-0.25, -0.2) is 9.59 Å². The van der Waals surface area contributed by atoms with Gasteiger partial charge in [0.2, 0.25) is 6.61 Å². The number of aliphatic carboxylic acids is 1. The number of hydrogen-bond acceptors (Lipinski definition) is 4. The third kappa shape index (κ3) is 3.60. The first kappa shape index (κ1) is 12.7. The maximum atomic E-state index is 10.9. The largest absolute Gasteiger partial charge is 0.479 e. The van der Waals surface area contributed by atoms with Crippen molar-refractivity contribution in [1.29, 1.82) is 0 Å². The molecule has 0 unspecified atom stereocenters. The van der Waals surface area contributed by atoms with Crippen LogP contribution in [0, 0.1) is 0 Å². The van der Waals surface area contributed by atoms with E-state index in [1.165, 1.54) is 6.07 Å². The first-order valence-corrected chi connectivity index (χ1v) is 4.73. The lowest BCUT2D eigenvalue weighted by Crippen LogP contribution is -2.09. The zero-order valence-electron chi connectivity index (χ0n) is 9.08. The van der Waals surface area contributed by atoms with Crippen LogP contribution in [0.2, 0.25) is 0 Å². The summed E-state index contributed by atoms with van der Waals surface area (Å²) in [6.07, 6.45) is 0. The molecule has 1 rings (SSSR count). The Balaban J connectivity index is 2.91. The van der Waals surface area contributed by atoms with E-state index in [0.717, 1.165) is 0 Å². The number of carboxylic acid groups (broad SMARTS) is 2. The Morgan fingerprint density at radius 1 is 1.24 bits per heavy atom. The molecule has 17 heavy (non-hydrogen) atoms. The normalized spacial score (nSPS) is 11.0. The van der Waals surface area contributed by atoms with Crippen molar-refractivity contribution in [2.75, 3.05) is 6.61 Å². The molecule has 0 fully saturated rings. The van der Waals surface area contributed by atoms with E-state index < -0.39 is 18.5 Å². The molecule has 0 saturated carbocycles. The van der Waals surface area contributed by atoms with Crippen LogP contribution in [0.15, 0.2) is 29.4 Å². The second-order valence-electron chi connectivity index (χ2n) is 3.19. The van der Waals surface area contributed by atoms with Gasteiger partial charge in [-0.2, -0.15) is 0 Å². The molecule has 0 aromatic heterocycles. The molecule has 0 radical (unpaired) electrons. The molecule has 0 aliphatic carbocycles. The molecule has 0 spiro atoms. The summed E-state index contributed by atoms with van der Waals surface area (Å²) in [5.74, 6) is -2.22. The Hall–Kier alpha value is -2.37. The number of carboxylic acids is 2. The Labute approximate surface area is 97.1 Å². The van der Waals surface area contributed by atoms with E-state index in [1.54, 1.807) is 25.1 Å². The van der Waals surface area contributed by atoms with Crippen molar-refractivity contribution >= 4 is 17.7 Å². The van der Waals surface area contributed by atoms with Crippen LogP contribution in [0.5, 0.6) is 0 Å². The molecule has 90 valence electrons. The molecule has 0 aliphatic heterocycles. The highest BCUT2D eigenvalue weighted by Gasteiger charge is 2.11. The van der Waals surface area contributed by atoms with E-state index in [4.69, 9.17) is 10.2 Å². The average molecular weight is 237 g/mol. The molecule has 0 bridgehead atoms. The minimum absolute atomic E-state index is 0.0904. The number of rotatable bonds is 5. The predicted octanol–water partition coefficient (Wildman–Crippen LogP) is 1.21. The van der Waals surface area contributed by atoms with Crippen LogP contribution >= 0.6 is 0 Å². The molecule has 0 heterocycles. The minimum Gasteiger partial charge on any atom is -0.479 e. The fraction of sp³-hybridized carbons (Fsp3) is 0.182. The van der Waals surface area contributed by atoms with Crippen molar-refractivity contribution in [3.63, 3.8) is 0 Å². The molecule has 2 N–H and O–H groups in total. The third-order valence-electron chi connectivity index (χ3n) is 1.94. The van der Waals surface area contributed by atoms with Crippen LogP contribution in [-0.2, 0) is 9.63 Å². The van der Waals surface area contributed by atoms with Gasteiger partial charge in [0.15, 0.2) is 0 Å². The van der Waals surface area contributed by atoms with Crippen molar-refractivity contribution < 1.29 is 24.6 Å². The summed E-state index contributed by atoms with van der Waals surface area (Å²) in [7, 11) is 0. The van der Waals surface area contributed by atoms with Crippen LogP contribution in [0.3, 0.4) is 0 Å². The summed E-state index contributed by atoms with van der Waals surface area (Å²) in [6, 6.07) is 6.27. The maximum absolute atomic E-state index is 10.9. The zero-order valence-corrected chi connectivity index (χ0v) is 9.08. The molecule has 0 saturated heterocycles. The molecule has 6 heteroatoms. The maximum Gasteiger partial charge on any atom is 0.344 e. The number of aromatic carboxylic acids is 1. The fourth-order valence-electron chi connectivity index (χ4n) is 1.22. The third-order valence-corrected chi connectivity index (χ3v) is 1.94. The van der Waals surface area contributed by atoms with E-state index in [-0.39, 0.29) is 5.56 Å². The average Bonchev–Trinajstić information content (AvgIpc) is 2.28. The number of hydrogen-bond donors (Lipinski definition) is 2. The van der Waals surface area contributed by atoms with E-state index >= 15 is 0 Å². The van der Waals surface area contributed by atoms with Crippen molar-refractivity contribution in [2.24, 2.45) is 5.16 Å². The highest BCUT2D eigenvalue weighted by atomic mass is 16.6. The second-order valence-corrected chi connectivity index (χ2v) is 3.19. The lowest BCUT2D eigenvalue weighted by atomic mass is 10.0. The van der Waals surface area contributed by atoms with E-state index in [0.29, 0.717) is 11.3 Å². The summed E-state index contributed by atoms with van der Waals surface area (Å²) in [5, 5.41) is 20.8. The number of oxime groups is 1. The first-order chi connectivity index (χ1) is 8.02. The minimum atomic E-state index is -1.15. The molecule has 1 aromatic rings. The van der Waals surface area contributed by atoms with Gasteiger partial charge >= 0.3 is 11.9 Å².